The summed E-state index contributed by atoms with van der Waals surface area (Å²) in [6.07, 6.45) is 19.2. The highest BCUT2D eigenvalue weighted by molar-refractivity contribution is 5.54. The van der Waals surface area contributed by atoms with Gasteiger partial charge in [-0.25, -0.2) is 0 Å². The predicted molar refractivity (Wildman–Crippen MR) is 85.7 cm³/mol. The first kappa shape index (κ1) is 16.0. The van der Waals surface area contributed by atoms with Crippen LogP contribution in [-0.2, 0) is 4.79 Å². The van der Waals surface area contributed by atoms with Gasteiger partial charge in [0.1, 0.15) is 6.29 Å². The Bertz CT molecular complexity index is 273. The van der Waals surface area contributed by atoms with Crippen molar-refractivity contribution in [2.45, 2.75) is 90.4 Å². The monoisotopic (exact) mass is 278 g/mol. The largest absolute Gasteiger partial charge is 0.303 e. The van der Waals surface area contributed by atoms with Gasteiger partial charge in [0, 0.05) is 5.92 Å². The molecule has 0 saturated heterocycles. The van der Waals surface area contributed by atoms with Gasteiger partial charge in [0.15, 0.2) is 0 Å². The van der Waals surface area contributed by atoms with E-state index in [1.807, 2.05) is 0 Å². The van der Waals surface area contributed by atoms with E-state index >= 15 is 0 Å². The SMILES string of the molecule is CCCCC1CCCC(CCC2CCCCC2C=O)C1. The summed E-state index contributed by atoms with van der Waals surface area (Å²) >= 11 is 0. The molecular weight excluding hydrogens is 244 g/mol. The van der Waals surface area contributed by atoms with E-state index in [1.165, 1.54) is 83.3 Å². The molecule has 0 aromatic heterocycles. The molecule has 116 valence electrons. The van der Waals surface area contributed by atoms with Crippen LogP contribution < -0.4 is 0 Å². The van der Waals surface area contributed by atoms with E-state index in [1.54, 1.807) is 0 Å². The van der Waals surface area contributed by atoms with E-state index in [0.717, 1.165) is 24.2 Å². The number of hydrogen-bond acceptors (Lipinski definition) is 1. The average molecular weight is 278 g/mol. The predicted octanol–water partition coefficient (Wildman–Crippen LogP) is 5.77. The fourth-order valence-corrected chi connectivity index (χ4v) is 4.64. The first-order chi connectivity index (χ1) is 9.83. The van der Waals surface area contributed by atoms with Crippen molar-refractivity contribution in [1.29, 1.82) is 0 Å². The maximum Gasteiger partial charge on any atom is 0.123 e. The number of rotatable bonds is 7. The highest BCUT2D eigenvalue weighted by atomic mass is 16.1. The third-order valence-electron chi connectivity index (χ3n) is 5.95. The van der Waals surface area contributed by atoms with Gasteiger partial charge in [0.05, 0.1) is 0 Å². The standard InChI is InChI=1S/C19H34O/c1-2-3-7-16-8-6-9-17(14-16)12-13-18-10-4-5-11-19(18)15-20/h15-19H,2-14H2,1H3. The van der Waals surface area contributed by atoms with Gasteiger partial charge in [0.25, 0.3) is 0 Å². The molecule has 1 heteroatoms. The topological polar surface area (TPSA) is 17.1 Å². The van der Waals surface area contributed by atoms with E-state index in [4.69, 9.17) is 0 Å². The van der Waals surface area contributed by atoms with E-state index < -0.39 is 0 Å². The fraction of sp³-hybridized carbons (Fsp3) is 0.947. The van der Waals surface area contributed by atoms with Crippen molar-refractivity contribution in [2.75, 3.05) is 0 Å². The molecule has 0 aliphatic heterocycles. The average Bonchev–Trinajstić information content (AvgIpc) is 2.51. The van der Waals surface area contributed by atoms with Gasteiger partial charge in [0.2, 0.25) is 0 Å². The Hall–Kier alpha value is -0.330. The zero-order valence-electron chi connectivity index (χ0n) is 13.5. The lowest BCUT2D eigenvalue weighted by Crippen LogP contribution is -2.23. The number of carbonyl (C=O) groups is 1. The lowest BCUT2D eigenvalue weighted by molar-refractivity contribution is -0.113. The van der Waals surface area contributed by atoms with Gasteiger partial charge < -0.3 is 4.79 Å². The lowest BCUT2D eigenvalue weighted by atomic mass is 9.73. The van der Waals surface area contributed by atoms with Crippen molar-refractivity contribution in [3.05, 3.63) is 0 Å². The summed E-state index contributed by atoms with van der Waals surface area (Å²) in [7, 11) is 0. The second kappa shape index (κ2) is 8.85. The first-order valence-electron chi connectivity index (χ1n) is 9.28. The number of unbranched alkanes of at least 4 members (excludes halogenated alkanes) is 1. The van der Waals surface area contributed by atoms with Crippen LogP contribution >= 0.6 is 0 Å². The molecule has 2 saturated carbocycles. The summed E-state index contributed by atoms with van der Waals surface area (Å²) in [5.41, 5.74) is 0. The Labute approximate surface area is 125 Å². The summed E-state index contributed by atoms with van der Waals surface area (Å²) < 4.78 is 0. The quantitative estimate of drug-likeness (QED) is 0.540. The van der Waals surface area contributed by atoms with Gasteiger partial charge in [-0.05, 0) is 43.4 Å². The molecule has 0 amide bonds. The molecule has 2 rings (SSSR count). The number of carbonyl (C=O) groups excluding carboxylic acids is 1. The van der Waals surface area contributed by atoms with Crippen LogP contribution in [0.2, 0.25) is 0 Å². The van der Waals surface area contributed by atoms with Crippen LogP contribution in [0.5, 0.6) is 0 Å². The zero-order chi connectivity index (χ0) is 14.2. The third-order valence-corrected chi connectivity index (χ3v) is 5.95. The summed E-state index contributed by atoms with van der Waals surface area (Å²) in [5, 5.41) is 0. The molecule has 2 aliphatic rings. The van der Waals surface area contributed by atoms with Gasteiger partial charge >= 0.3 is 0 Å². The van der Waals surface area contributed by atoms with E-state index in [0.29, 0.717) is 5.92 Å². The van der Waals surface area contributed by atoms with Crippen LogP contribution in [-0.4, -0.2) is 6.29 Å². The molecular formula is C19H34O. The lowest BCUT2D eigenvalue weighted by Gasteiger charge is -2.32. The minimum absolute atomic E-state index is 0.392. The molecule has 1 nitrogen and oxygen atoms in total. The van der Waals surface area contributed by atoms with Crippen molar-refractivity contribution in [3.63, 3.8) is 0 Å². The fourth-order valence-electron chi connectivity index (χ4n) is 4.64. The van der Waals surface area contributed by atoms with Crippen LogP contribution in [0.15, 0.2) is 0 Å². The zero-order valence-corrected chi connectivity index (χ0v) is 13.5. The molecule has 2 fully saturated rings. The summed E-state index contributed by atoms with van der Waals surface area (Å²) in [6, 6.07) is 0. The van der Waals surface area contributed by atoms with Crippen molar-refractivity contribution >= 4 is 6.29 Å². The van der Waals surface area contributed by atoms with Crippen molar-refractivity contribution in [3.8, 4) is 0 Å². The Balaban J connectivity index is 1.71. The molecule has 0 spiro atoms. The third kappa shape index (κ3) is 4.90. The second-order valence-corrected chi connectivity index (χ2v) is 7.46. The van der Waals surface area contributed by atoms with E-state index in [2.05, 4.69) is 6.92 Å². The van der Waals surface area contributed by atoms with E-state index in [-0.39, 0.29) is 0 Å². The summed E-state index contributed by atoms with van der Waals surface area (Å²) in [6.45, 7) is 2.31. The molecule has 20 heavy (non-hydrogen) atoms. The van der Waals surface area contributed by atoms with Crippen LogP contribution in [0.25, 0.3) is 0 Å². The smallest absolute Gasteiger partial charge is 0.123 e. The highest BCUT2D eigenvalue weighted by Crippen LogP contribution is 2.38. The number of aldehydes is 1. The molecule has 0 aromatic rings. The Kier molecular flexibility index (Phi) is 7.10. The summed E-state index contributed by atoms with van der Waals surface area (Å²) in [4.78, 5) is 11.2. The Morgan fingerprint density at radius 1 is 0.900 bits per heavy atom. The van der Waals surface area contributed by atoms with Crippen LogP contribution in [0.4, 0.5) is 0 Å². The molecule has 2 aliphatic carbocycles. The molecule has 0 N–H and O–H groups in total. The maximum absolute atomic E-state index is 11.2. The first-order valence-corrected chi connectivity index (χ1v) is 9.28. The number of hydrogen-bond donors (Lipinski definition) is 0. The molecule has 0 aromatic carbocycles. The second-order valence-electron chi connectivity index (χ2n) is 7.46. The van der Waals surface area contributed by atoms with Gasteiger partial charge in [-0.15, -0.1) is 0 Å². The van der Waals surface area contributed by atoms with Crippen LogP contribution in [0, 0.1) is 23.7 Å². The van der Waals surface area contributed by atoms with Crippen LogP contribution in [0.3, 0.4) is 0 Å². The molecule has 0 radical (unpaired) electrons. The van der Waals surface area contributed by atoms with Crippen molar-refractivity contribution in [2.24, 2.45) is 23.7 Å². The van der Waals surface area contributed by atoms with E-state index in [9.17, 15) is 4.79 Å². The Morgan fingerprint density at radius 3 is 2.40 bits per heavy atom. The van der Waals surface area contributed by atoms with Crippen molar-refractivity contribution in [1.82, 2.24) is 0 Å². The van der Waals surface area contributed by atoms with Gasteiger partial charge in [-0.2, -0.15) is 0 Å². The van der Waals surface area contributed by atoms with Gasteiger partial charge in [-0.1, -0.05) is 64.7 Å². The normalized spacial score (nSPS) is 34.9. The highest BCUT2D eigenvalue weighted by Gasteiger charge is 2.27. The molecule has 0 bridgehead atoms. The maximum atomic E-state index is 11.2. The minimum atomic E-state index is 0.392. The molecule has 4 atom stereocenters. The Morgan fingerprint density at radius 2 is 1.65 bits per heavy atom. The minimum Gasteiger partial charge on any atom is -0.303 e. The van der Waals surface area contributed by atoms with Crippen molar-refractivity contribution < 1.29 is 4.79 Å². The summed E-state index contributed by atoms with van der Waals surface area (Å²) in [5.74, 6) is 3.10. The van der Waals surface area contributed by atoms with Gasteiger partial charge in [-0.3, -0.25) is 0 Å². The van der Waals surface area contributed by atoms with Crippen LogP contribution in [0.1, 0.15) is 90.4 Å². The molecule has 4 unspecified atom stereocenters. The molecule has 0 heterocycles.